The third kappa shape index (κ3) is 4.70. The van der Waals surface area contributed by atoms with Gasteiger partial charge in [-0.1, -0.05) is 60.9 Å². The van der Waals surface area contributed by atoms with Gasteiger partial charge in [0.1, 0.15) is 10.0 Å². The van der Waals surface area contributed by atoms with Crippen molar-refractivity contribution in [2.75, 3.05) is 5.32 Å². The van der Waals surface area contributed by atoms with Gasteiger partial charge in [0.25, 0.3) is 0 Å². The molecule has 3 aromatic rings. The molecule has 0 unspecified atom stereocenters. The fourth-order valence-electron chi connectivity index (χ4n) is 3.23. The number of rotatable bonds is 5. The maximum Gasteiger partial charge on any atom is 0.321 e. The molecule has 0 atom stereocenters. The molecule has 1 aliphatic rings. The summed E-state index contributed by atoms with van der Waals surface area (Å²) in [6.45, 7) is 0.387. The first-order valence-corrected chi connectivity index (χ1v) is 10.9. The quantitative estimate of drug-likeness (QED) is 0.630. The SMILES string of the molecule is O=C(NCc1nc(-c2ccccc2)cs1)Nc1nnc(C2CCCCC2)s1. The van der Waals surface area contributed by atoms with Gasteiger partial charge < -0.3 is 5.32 Å². The van der Waals surface area contributed by atoms with Crippen molar-refractivity contribution in [2.24, 2.45) is 0 Å². The van der Waals surface area contributed by atoms with Crippen LogP contribution in [0, 0.1) is 0 Å². The van der Waals surface area contributed by atoms with Gasteiger partial charge in [-0.2, -0.15) is 0 Å². The molecule has 0 saturated heterocycles. The molecule has 1 aromatic carbocycles. The van der Waals surface area contributed by atoms with Gasteiger partial charge >= 0.3 is 6.03 Å². The lowest BCUT2D eigenvalue weighted by Gasteiger charge is -2.18. The van der Waals surface area contributed by atoms with E-state index >= 15 is 0 Å². The highest BCUT2D eigenvalue weighted by molar-refractivity contribution is 7.15. The van der Waals surface area contributed by atoms with E-state index in [-0.39, 0.29) is 6.03 Å². The Morgan fingerprint density at radius 3 is 2.74 bits per heavy atom. The van der Waals surface area contributed by atoms with Crippen molar-refractivity contribution < 1.29 is 4.79 Å². The first-order chi connectivity index (χ1) is 13.3. The van der Waals surface area contributed by atoms with Gasteiger partial charge in [0.05, 0.1) is 12.2 Å². The van der Waals surface area contributed by atoms with Crippen LogP contribution in [0.3, 0.4) is 0 Å². The fourth-order valence-corrected chi connectivity index (χ4v) is 4.88. The summed E-state index contributed by atoms with van der Waals surface area (Å²) in [5, 5.41) is 18.5. The van der Waals surface area contributed by atoms with Crippen molar-refractivity contribution in [3.05, 3.63) is 45.7 Å². The number of benzene rings is 1. The minimum atomic E-state index is -0.280. The highest BCUT2D eigenvalue weighted by Crippen LogP contribution is 2.35. The molecule has 1 saturated carbocycles. The number of urea groups is 1. The molecule has 0 spiro atoms. The van der Waals surface area contributed by atoms with Crippen LogP contribution in [0.4, 0.5) is 9.93 Å². The minimum absolute atomic E-state index is 0.280. The average Bonchev–Trinajstić information content (AvgIpc) is 3.37. The number of nitrogens with zero attached hydrogens (tertiary/aromatic N) is 3. The molecule has 0 aliphatic heterocycles. The van der Waals surface area contributed by atoms with E-state index in [0.717, 1.165) is 21.3 Å². The molecule has 1 fully saturated rings. The van der Waals surface area contributed by atoms with Gasteiger partial charge in [0, 0.05) is 16.9 Å². The van der Waals surface area contributed by atoms with Crippen LogP contribution in [-0.2, 0) is 6.54 Å². The van der Waals surface area contributed by atoms with E-state index in [9.17, 15) is 4.79 Å². The predicted octanol–water partition coefficient (Wildman–Crippen LogP) is 5.03. The lowest BCUT2D eigenvalue weighted by Crippen LogP contribution is -2.28. The number of hydrogen-bond acceptors (Lipinski definition) is 6. The van der Waals surface area contributed by atoms with Crippen molar-refractivity contribution in [1.29, 1.82) is 0 Å². The van der Waals surface area contributed by atoms with Crippen molar-refractivity contribution in [1.82, 2.24) is 20.5 Å². The smallest absolute Gasteiger partial charge is 0.321 e. The molecule has 140 valence electrons. The zero-order chi connectivity index (χ0) is 18.5. The summed E-state index contributed by atoms with van der Waals surface area (Å²) in [7, 11) is 0. The van der Waals surface area contributed by atoms with Crippen LogP contribution in [0.5, 0.6) is 0 Å². The van der Waals surface area contributed by atoms with Crippen molar-refractivity contribution in [3.63, 3.8) is 0 Å². The summed E-state index contributed by atoms with van der Waals surface area (Å²) < 4.78 is 0. The van der Waals surface area contributed by atoms with Gasteiger partial charge in [-0.05, 0) is 12.8 Å². The Morgan fingerprint density at radius 2 is 1.93 bits per heavy atom. The van der Waals surface area contributed by atoms with E-state index in [1.54, 1.807) is 0 Å². The summed E-state index contributed by atoms with van der Waals surface area (Å²) in [6.07, 6.45) is 6.17. The van der Waals surface area contributed by atoms with Crippen LogP contribution in [0.1, 0.15) is 48.0 Å². The Morgan fingerprint density at radius 1 is 1.11 bits per heavy atom. The van der Waals surface area contributed by atoms with Gasteiger partial charge in [-0.3, -0.25) is 5.32 Å². The summed E-state index contributed by atoms with van der Waals surface area (Å²) >= 11 is 3.02. The Kier molecular flexibility index (Phi) is 5.74. The van der Waals surface area contributed by atoms with Crippen LogP contribution < -0.4 is 10.6 Å². The van der Waals surface area contributed by atoms with Crippen LogP contribution in [0.15, 0.2) is 35.7 Å². The van der Waals surface area contributed by atoms with E-state index in [1.807, 2.05) is 35.7 Å². The third-order valence-corrected chi connectivity index (χ3v) is 6.49. The van der Waals surface area contributed by atoms with Gasteiger partial charge in [0.2, 0.25) is 5.13 Å². The number of aromatic nitrogens is 3. The Balaban J connectivity index is 1.29. The Labute approximate surface area is 166 Å². The highest BCUT2D eigenvalue weighted by Gasteiger charge is 2.20. The normalized spacial score (nSPS) is 14.8. The molecule has 2 amide bonds. The van der Waals surface area contributed by atoms with Gasteiger partial charge in [0.15, 0.2) is 0 Å². The maximum atomic E-state index is 12.1. The maximum absolute atomic E-state index is 12.1. The van der Waals surface area contributed by atoms with E-state index < -0.39 is 0 Å². The van der Waals surface area contributed by atoms with Gasteiger partial charge in [-0.25, -0.2) is 9.78 Å². The molecule has 0 radical (unpaired) electrons. The van der Waals surface area contributed by atoms with Crippen LogP contribution in [-0.4, -0.2) is 21.2 Å². The zero-order valence-electron chi connectivity index (χ0n) is 14.9. The standard InChI is InChI=1S/C19H21N5OS2/c25-18(22-19-24-23-17(27-19)14-9-5-2-6-10-14)20-11-16-21-15(12-26-16)13-7-3-1-4-8-13/h1,3-4,7-8,12,14H,2,5-6,9-11H2,(H2,20,22,24,25). The van der Waals surface area contributed by atoms with Crippen LogP contribution in [0.25, 0.3) is 11.3 Å². The molecule has 2 aromatic heterocycles. The molecule has 4 rings (SSSR count). The number of carbonyl (C=O) groups is 1. The van der Waals surface area contributed by atoms with Crippen molar-refractivity contribution >= 4 is 33.8 Å². The summed E-state index contributed by atoms with van der Waals surface area (Å²) in [6, 6.07) is 9.73. The summed E-state index contributed by atoms with van der Waals surface area (Å²) in [5.41, 5.74) is 2.01. The first kappa shape index (κ1) is 18.1. The third-order valence-electron chi connectivity index (χ3n) is 4.64. The number of hydrogen-bond donors (Lipinski definition) is 2. The molecular formula is C19H21N5OS2. The average molecular weight is 400 g/mol. The van der Waals surface area contributed by atoms with Crippen molar-refractivity contribution in [3.8, 4) is 11.3 Å². The number of anilines is 1. The second-order valence-corrected chi connectivity index (χ2v) is 8.53. The van der Waals surface area contributed by atoms with Crippen LogP contribution in [0.2, 0.25) is 0 Å². The molecule has 2 heterocycles. The Bertz CT molecular complexity index is 886. The van der Waals surface area contributed by atoms with E-state index in [0.29, 0.717) is 17.6 Å². The first-order valence-electron chi connectivity index (χ1n) is 9.16. The molecule has 1 aliphatic carbocycles. The van der Waals surface area contributed by atoms with Crippen molar-refractivity contribution in [2.45, 2.75) is 44.6 Å². The summed E-state index contributed by atoms with van der Waals surface area (Å²) in [5.74, 6) is 0.501. The molecule has 6 nitrogen and oxygen atoms in total. The monoisotopic (exact) mass is 399 g/mol. The van der Waals surface area contributed by atoms with E-state index in [4.69, 9.17) is 0 Å². The Hall–Kier alpha value is -2.32. The molecule has 8 heteroatoms. The predicted molar refractivity (Wildman–Crippen MR) is 109 cm³/mol. The summed E-state index contributed by atoms with van der Waals surface area (Å²) in [4.78, 5) is 16.7. The second-order valence-electron chi connectivity index (χ2n) is 6.58. The highest BCUT2D eigenvalue weighted by atomic mass is 32.1. The zero-order valence-corrected chi connectivity index (χ0v) is 16.5. The lowest BCUT2D eigenvalue weighted by molar-refractivity contribution is 0.251. The fraction of sp³-hybridized carbons (Fsp3) is 0.368. The number of nitrogens with one attached hydrogen (secondary N) is 2. The van der Waals surface area contributed by atoms with Gasteiger partial charge in [-0.15, -0.1) is 21.5 Å². The number of thiazole rings is 1. The van der Waals surface area contributed by atoms with E-state index in [2.05, 4.69) is 25.8 Å². The number of amides is 2. The number of carbonyl (C=O) groups excluding carboxylic acids is 1. The molecule has 0 bridgehead atoms. The largest absolute Gasteiger partial charge is 0.331 e. The molecule has 27 heavy (non-hydrogen) atoms. The lowest BCUT2D eigenvalue weighted by atomic mass is 9.90. The molecular weight excluding hydrogens is 378 g/mol. The van der Waals surface area contributed by atoms with Crippen LogP contribution >= 0.6 is 22.7 Å². The second kappa shape index (κ2) is 8.58. The minimum Gasteiger partial charge on any atom is -0.331 e. The van der Waals surface area contributed by atoms with E-state index in [1.165, 1.54) is 54.8 Å². The topological polar surface area (TPSA) is 79.8 Å². The molecule has 2 N–H and O–H groups in total.